The Kier molecular flexibility index (Phi) is 4.31. The lowest BCUT2D eigenvalue weighted by atomic mass is 9.76. The molecule has 132 valence electrons. The highest BCUT2D eigenvalue weighted by atomic mass is 19.1. The second-order valence-corrected chi connectivity index (χ2v) is 7.10. The van der Waals surface area contributed by atoms with Crippen molar-refractivity contribution in [2.75, 3.05) is 13.2 Å². The van der Waals surface area contributed by atoms with Gasteiger partial charge in [-0.1, -0.05) is 30.3 Å². The van der Waals surface area contributed by atoms with E-state index in [0.717, 1.165) is 12.6 Å². The van der Waals surface area contributed by atoms with Crippen molar-refractivity contribution >= 4 is 0 Å². The first kappa shape index (κ1) is 16.6. The van der Waals surface area contributed by atoms with Gasteiger partial charge < -0.3 is 9.84 Å². The Morgan fingerprint density at radius 3 is 2.20 bits per heavy atom. The number of halogens is 2. The van der Waals surface area contributed by atoms with Crippen LogP contribution in [0.2, 0.25) is 0 Å². The van der Waals surface area contributed by atoms with Gasteiger partial charge in [0.1, 0.15) is 11.6 Å². The molecule has 2 heterocycles. The Balaban J connectivity index is 1.60. The molecule has 0 aromatic heterocycles. The number of hydrogen-bond donors (Lipinski definition) is 1. The van der Waals surface area contributed by atoms with E-state index >= 15 is 0 Å². The number of hydrogen-bond acceptors (Lipinski definition) is 3. The topological polar surface area (TPSA) is 32.7 Å². The van der Waals surface area contributed by atoms with Crippen molar-refractivity contribution in [3.8, 4) is 0 Å². The lowest BCUT2D eigenvalue weighted by molar-refractivity contribution is -0.149. The first-order valence-electron chi connectivity index (χ1n) is 8.60. The normalized spacial score (nSPS) is 29.6. The summed E-state index contributed by atoms with van der Waals surface area (Å²) in [5.41, 5.74) is 0.304. The Morgan fingerprint density at radius 2 is 1.60 bits per heavy atom. The third-order valence-electron chi connectivity index (χ3n) is 5.31. The standard InChI is InChI=1S/C20H21F2NO2/c21-16-6-15(7-17(22)8-16)20(24)9-18-12-25-13-19(10-20)23(18)11-14-4-2-1-3-5-14/h1-8,18-19,24H,9-13H2. The molecule has 2 aromatic carbocycles. The third-order valence-corrected chi connectivity index (χ3v) is 5.31. The largest absolute Gasteiger partial charge is 0.385 e. The summed E-state index contributed by atoms with van der Waals surface area (Å²) in [6.07, 6.45) is 0.804. The van der Waals surface area contributed by atoms with Gasteiger partial charge in [-0.05, 0) is 36.1 Å². The summed E-state index contributed by atoms with van der Waals surface area (Å²) in [4.78, 5) is 2.35. The van der Waals surface area contributed by atoms with E-state index in [0.29, 0.717) is 31.6 Å². The molecule has 2 aliphatic rings. The molecule has 0 amide bonds. The van der Waals surface area contributed by atoms with E-state index in [-0.39, 0.29) is 12.1 Å². The molecule has 5 heteroatoms. The highest BCUT2D eigenvalue weighted by Crippen LogP contribution is 2.41. The number of rotatable bonds is 3. The average molecular weight is 345 g/mol. The predicted octanol–water partition coefficient (Wildman–Crippen LogP) is 3.22. The van der Waals surface area contributed by atoms with Crippen LogP contribution in [-0.2, 0) is 16.9 Å². The molecule has 25 heavy (non-hydrogen) atoms. The summed E-state index contributed by atoms with van der Waals surface area (Å²) >= 11 is 0. The third kappa shape index (κ3) is 3.32. The molecule has 2 bridgehead atoms. The summed E-state index contributed by atoms with van der Waals surface area (Å²) < 4.78 is 32.9. The van der Waals surface area contributed by atoms with Crippen LogP contribution in [0.1, 0.15) is 24.0 Å². The molecular weight excluding hydrogens is 324 g/mol. The molecule has 0 aliphatic carbocycles. The zero-order chi connectivity index (χ0) is 17.4. The van der Waals surface area contributed by atoms with Crippen molar-refractivity contribution in [1.82, 2.24) is 4.90 Å². The van der Waals surface area contributed by atoms with Gasteiger partial charge in [-0.25, -0.2) is 8.78 Å². The van der Waals surface area contributed by atoms with Crippen LogP contribution in [-0.4, -0.2) is 35.3 Å². The van der Waals surface area contributed by atoms with Crippen LogP contribution < -0.4 is 0 Å². The van der Waals surface area contributed by atoms with Crippen molar-refractivity contribution in [2.24, 2.45) is 0 Å². The molecule has 2 atom stereocenters. The highest BCUT2D eigenvalue weighted by Gasteiger charge is 2.47. The van der Waals surface area contributed by atoms with Gasteiger partial charge in [0.2, 0.25) is 0 Å². The highest BCUT2D eigenvalue weighted by molar-refractivity contribution is 5.27. The van der Waals surface area contributed by atoms with E-state index in [1.165, 1.54) is 17.7 Å². The van der Waals surface area contributed by atoms with Crippen LogP contribution in [0, 0.1) is 11.6 Å². The fraction of sp³-hybridized carbons (Fsp3) is 0.400. The zero-order valence-electron chi connectivity index (χ0n) is 13.9. The summed E-state index contributed by atoms with van der Waals surface area (Å²) in [5, 5.41) is 11.2. The van der Waals surface area contributed by atoms with Crippen LogP contribution in [0.25, 0.3) is 0 Å². The zero-order valence-corrected chi connectivity index (χ0v) is 13.9. The van der Waals surface area contributed by atoms with E-state index in [9.17, 15) is 13.9 Å². The molecule has 2 aromatic rings. The maximum Gasteiger partial charge on any atom is 0.126 e. The molecule has 2 aliphatic heterocycles. The van der Waals surface area contributed by atoms with Crippen LogP contribution in [0.15, 0.2) is 48.5 Å². The van der Waals surface area contributed by atoms with E-state index < -0.39 is 17.2 Å². The first-order chi connectivity index (χ1) is 12.0. The fourth-order valence-corrected chi connectivity index (χ4v) is 4.16. The Morgan fingerprint density at radius 1 is 1.00 bits per heavy atom. The van der Waals surface area contributed by atoms with Gasteiger partial charge >= 0.3 is 0 Å². The number of nitrogens with zero attached hydrogens (tertiary/aromatic N) is 1. The monoisotopic (exact) mass is 345 g/mol. The minimum absolute atomic E-state index is 0.0176. The number of piperidine rings is 1. The van der Waals surface area contributed by atoms with Crippen molar-refractivity contribution in [3.63, 3.8) is 0 Å². The van der Waals surface area contributed by atoms with Gasteiger partial charge in [-0.15, -0.1) is 0 Å². The molecule has 1 N–H and O–H groups in total. The molecule has 2 saturated heterocycles. The van der Waals surface area contributed by atoms with Crippen LogP contribution in [0.3, 0.4) is 0 Å². The summed E-state index contributed by atoms with van der Waals surface area (Å²) in [6.45, 7) is 1.82. The second-order valence-electron chi connectivity index (χ2n) is 7.10. The van der Waals surface area contributed by atoms with E-state index in [4.69, 9.17) is 4.74 Å². The average Bonchev–Trinajstić information content (AvgIpc) is 2.56. The summed E-state index contributed by atoms with van der Waals surface area (Å²) in [7, 11) is 0. The fourth-order valence-electron chi connectivity index (χ4n) is 4.16. The summed E-state index contributed by atoms with van der Waals surface area (Å²) in [6, 6.07) is 13.5. The maximum atomic E-state index is 13.6. The first-order valence-corrected chi connectivity index (χ1v) is 8.60. The molecule has 0 radical (unpaired) electrons. The van der Waals surface area contributed by atoms with Gasteiger partial charge in [0, 0.05) is 24.7 Å². The van der Waals surface area contributed by atoms with Crippen LogP contribution in [0.4, 0.5) is 8.78 Å². The molecular formula is C20H21F2NO2. The van der Waals surface area contributed by atoms with Gasteiger partial charge in [-0.3, -0.25) is 4.90 Å². The quantitative estimate of drug-likeness (QED) is 0.927. The SMILES string of the molecule is OC1(c2cc(F)cc(F)c2)CC2COCC(C1)N2Cc1ccccc1. The Hall–Kier alpha value is -1.82. The molecule has 2 fully saturated rings. The lowest BCUT2D eigenvalue weighted by Crippen LogP contribution is -2.60. The minimum Gasteiger partial charge on any atom is -0.385 e. The second kappa shape index (κ2) is 6.48. The number of aliphatic hydroxyl groups is 1. The Labute approximate surface area is 145 Å². The minimum atomic E-state index is -1.23. The number of fused-ring (bicyclic) bond motifs is 2. The van der Waals surface area contributed by atoms with Crippen LogP contribution in [0.5, 0.6) is 0 Å². The van der Waals surface area contributed by atoms with Crippen LogP contribution >= 0.6 is 0 Å². The number of ether oxygens (including phenoxy) is 1. The van der Waals surface area contributed by atoms with E-state index in [1.807, 2.05) is 18.2 Å². The Bertz CT molecular complexity index is 718. The number of morpholine rings is 1. The van der Waals surface area contributed by atoms with Gasteiger partial charge in [0.05, 0.1) is 18.8 Å². The molecule has 0 saturated carbocycles. The molecule has 0 spiro atoms. The lowest BCUT2D eigenvalue weighted by Gasteiger charge is -2.52. The van der Waals surface area contributed by atoms with Crippen molar-refractivity contribution in [3.05, 3.63) is 71.3 Å². The number of benzene rings is 2. The molecule has 2 unspecified atom stereocenters. The van der Waals surface area contributed by atoms with Crippen molar-refractivity contribution in [2.45, 2.75) is 37.1 Å². The smallest absolute Gasteiger partial charge is 0.126 e. The van der Waals surface area contributed by atoms with Crippen molar-refractivity contribution < 1.29 is 18.6 Å². The van der Waals surface area contributed by atoms with Gasteiger partial charge in [0.15, 0.2) is 0 Å². The van der Waals surface area contributed by atoms with E-state index in [2.05, 4.69) is 17.0 Å². The van der Waals surface area contributed by atoms with Gasteiger partial charge in [-0.2, -0.15) is 0 Å². The molecule has 4 rings (SSSR count). The van der Waals surface area contributed by atoms with Gasteiger partial charge in [0.25, 0.3) is 0 Å². The maximum absolute atomic E-state index is 13.6. The van der Waals surface area contributed by atoms with E-state index in [1.54, 1.807) is 0 Å². The molecule has 3 nitrogen and oxygen atoms in total. The predicted molar refractivity (Wildman–Crippen MR) is 89.9 cm³/mol. The van der Waals surface area contributed by atoms with Crippen molar-refractivity contribution in [1.29, 1.82) is 0 Å². The summed E-state index contributed by atoms with van der Waals surface area (Å²) in [5.74, 6) is -1.31.